The highest BCUT2D eigenvalue weighted by Gasteiger charge is 2.11. The fourth-order valence-corrected chi connectivity index (χ4v) is 3.69. The van der Waals surface area contributed by atoms with Gasteiger partial charge in [-0.1, -0.05) is 29.8 Å². The molecule has 1 heterocycles. The molecular weight excluding hydrogens is 413 g/mol. The lowest BCUT2D eigenvalue weighted by Crippen LogP contribution is -2.15. The van der Waals surface area contributed by atoms with Crippen molar-refractivity contribution in [2.75, 3.05) is 26.0 Å². The fraction of sp³-hybridized carbons (Fsp3) is 0.160. The van der Waals surface area contributed by atoms with Gasteiger partial charge in [-0.2, -0.15) is 0 Å². The molecule has 31 heavy (non-hydrogen) atoms. The van der Waals surface area contributed by atoms with Crippen LogP contribution in [0.25, 0.3) is 22.0 Å². The van der Waals surface area contributed by atoms with E-state index in [0.717, 1.165) is 40.8 Å². The van der Waals surface area contributed by atoms with Crippen molar-refractivity contribution in [3.05, 3.63) is 83.3 Å². The van der Waals surface area contributed by atoms with E-state index in [4.69, 9.17) is 11.6 Å². The second-order valence-corrected chi connectivity index (χ2v) is 8.16. The number of phenols is 1. The van der Waals surface area contributed by atoms with Gasteiger partial charge in [0, 0.05) is 29.5 Å². The Kier molecular flexibility index (Phi) is 6.07. The van der Waals surface area contributed by atoms with E-state index < -0.39 is 11.6 Å². The van der Waals surface area contributed by atoms with Crippen LogP contribution in [0.2, 0.25) is 5.02 Å². The molecule has 4 rings (SSSR count). The molecule has 0 aliphatic carbocycles. The summed E-state index contributed by atoms with van der Waals surface area (Å²) in [5.74, 6) is -1.29. The molecule has 0 saturated carbocycles. The number of likely N-dealkylation sites (N-methyl/N-ethyl adjacent to an activating group) is 1. The molecule has 0 spiro atoms. The van der Waals surface area contributed by atoms with Gasteiger partial charge < -0.3 is 15.3 Å². The minimum atomic E-state index is -0.748. The minimum Gasteiger partial charge on any atom is -0.504 e. The molecular formula is C25H23ClFN3O. The van der Waals surface area contributed by atoms with Crippen LogP contribution in [-0.4, -0.2) is 35.6 Å². The number of halogens is 2. The molecule has 1 aromatic heterocycles. The smallest absolute Gasteiger partial charge is 0.170 e. The van der Waals surface area contributed by atoms with E-state index in [1.165, 1.54) is 11.6 Å². The van der Waals surface area contributed by atoms with Crippen molar-refractivity contribution in [3.63, 3.8) is 0 Å². The summed E-state index contributed by atoms with van der Waals surface area (Å²) in [6.45, 7) is 0.983. The van der Waals surface area contributed by atoms with Gasteiger partial charge in [0.2, 0.25) is 0 Å². The van der Waals surface area contributed by atoms with Gasteiger partial charge in [0.15, 0.2) is 11.6 Å². The maximum Gasteiger partial charge on any atom is 0.170 e. The Bertz CT molecular complexity index is 1220. The van der Waals surface area contributed by atoms with Gasteiger partial charge in [-0.3, -0.25) is 4.98 Å². The number of anilines is 2. The van der Waals surface area contributed by atoms with Crippen LogP contribution in [0.5, 0.6) is 5.75 Å². The number of hydrogen-bond acceptors (Lipinski definition) is 4. The maximum absolute atomic E-state index is 14.0. The number of aromatic hydroxyl groups is 1. The van der Waals surface area contributed by atoms with Crippen LogP contribution in [0.1, 0.15) is 5.56 Å². The van der Waals surface area contributed by atoms with Crippen molar-refractivity contribution < 1.29 is 9.50 Å². The van der Waals surface area contributed by atoms with Gasteiger partial charge in [0.05, 0.1) is 10.5 Å². The van der Waals surface area contributed by atoms with Crippen LogP contribution in [0, 0.1) is 5.82 Å². The van der Waals surface area contributed by atoms with E-state index in [1.54, 1.807) is 12.3 Å². The van der Waals surface area contributed by atoms with Crippen LogP contribution in [0.4, 0.5) is 15.8 Å². The van der Waals surface area contributed by atoms with E-state index in [2.05, 4.69) is 41.4 Å². The Labute approximate surface area is 185 Å². The van der Waals surface area contributed by atoms with Crippen molar-refractivity contribution in [1.82, 2.24) is 9.88 Å². The van der Waals surface area contributed by atoms with Crippen LogP contribution < -0.4 is 5.32 Å². The number of pyridine rings is 1. The zero-order valence-corrected chi connectivity index (χ0v) is 18.1. The van der Waals surface area contributed by atoms with Crippen molar-refractivity contribution in [3.8, 4) is 16.9 Å². The number of aromatic nitrogens is 1. The third kappa shape index (κ3) is 4.79. The zero-order valence-electron chi connectivity index (χ0n) is 17.4. The van der Waals surface area contributed by atoms with Gasteiger partial charge >= 0.3 is 0 Å². The lowest BCUT2D eigenvalue weighted by Gasteiger charge is -2.13. The largest absolute Gasteiger partial charge is 0.504 e. The molecule has 0 fully saturated rings. The topological polar surface area (TPSA) is 48.4 Å². The van der Waals surface area contributed by atoms with Gasteiger partial charge in [-0.25, -0.2) is 4.39 Å². The summed E-state index contributed by atoms with van der Waals surface area (Å²) in [5, 5.41) is 14.0. The Balaban J connectivity index is 1.69. The van der Waals surface area contributed by atoms with Crippen LogP contribution in [0.3, 0.4) is 0 Å². The zero-order chi connectivity index (χ0) is 22.0. The van der Waals surface area contributed by atoms with Crippen molar-refractivity contribution in [2.24, 2.45) is 0 Å². The van der Waals surface area contributed by atoms with Crippen molar-refractivity contribution in [1.29, 1.82) is 0 Å². The highest BCUT2D eigenvalue weighted by molar-refractivity contribution is 6.32. The second-order valence-electron chi connectivity index (χ2n) is 7.76. The molecule has 0 aliphatic heterocycles. The van der Waals surface area contributed by atoms with Crippen LogP contribution >= 0.6 is 11.6 Å². The molecule has 4 nitrogen and oxygen atoms in total. The first-order valence-electron chi connectivity index (χ1n) is 9.98. The molecule has 0 bridgehead atoms. The molecule has 0 aliphatic rings. The highest BCUT2D eigenvalue weighted by Crippen LogP contribution is 2.35. The van der Waals surface area contributed by atoms with Gasteiger partial charge in [0.1, 0.15) is 0 Å². The van der Waals surface area contributed by atoms with E-state index in [-0.39, 0.29) is 5.02 Å². The Morgan fingerprint density at radius 3 is 2.65 bits per heavy atom. The molecule has 0 amide bonds. The Morgan fingerprint density at radius 1 is 1.03 bits per heavy atom. The first kappa shape index (κ1) is 21.1. The number of nitrogens with zero attached hydrogens (tertiary/aromatic N) is 2. The maximum atomic E-state index is 14.0. The molecule has 0 saturated heterocycles. The predicted molar refractivity (Wildman–Crippen MR) is 126 cm³/mol. The number of fused-ring (bicyclic) bond motifs is 1. The summed E-state index contributed by atoms with van der Waals surface area (Å²) >= 11 is 5.97. The number of benzene rings is 3. The summed E-state index contributed by atoms with van der Waals surface area (Å²) in [5.41, 5.74) is 5.34. The average molecular weight is 436 g/mol. The van der Waals surface area contributed by atoms with E-state index in [0.29, 0.717) is 5.56 Å². The quantitative estimate of drug-likeness (QED) is 0.376. The third-order valence-electron chi connectivity index (χ3n) is 5.15. The molecule has 2 N–H and O–H groups in total. The van der Waals surface area contributed by atoms with Gasteiger partial charge in [-0.15, -0.1) is 0 Å². The van der Waals surface area contributed by atoms with E-state index in [9.17, 15) is 9.50 Å². The van der Waals surface area contributed by atoms with E-state index >= 15 is 0 Å². The summed E-state index contributed by atoms with van der Waals surface area (Å²) in [4.78, 5) is 6.61. The summed E-state index contributed by atoms with van der Waals surface area (Å²) in [7, 11) is 4.13. The predicted octanol–water partition coefficient (Wildman–Crippen LogP) is 6.25. The van der Waals surface area contributed by atoms with Gasteiger partial charge in [-0.05, 0) is 79.7 Å². The van der Waals surface area contributed by atoms with Crippen molar-refractivity contribution in [2.45, 2.75) is 6.42 Å². The first-order valence-corrected chi connectivity index (χ1v) is 10.4. The second kappa shape index (κ2) is 8.92. The molecule has 6 heteroatoms. The summed E-state index contributed by atoms with van der Waals surface area (Å²) in [6.07, 6.45) is 2.73. The SMILES string of the molecule is CN(C)CCc1cccc(Nc2ccnc3ccc(-c4cc(F)c(O)c(Cl)c4)cc23)c1. The molecule has 4 aromatic rings. The van der Waals surface area contributed by atoms with Gasteiger partial charge in [0.25, 0.3) is 0 Å². The molecule has 0 radical (unpaired) electrons. The number of hydrogen-bond donors (Lipinski definition) is 2. The lowest BCUT2D eigenvalue weighted by molar-refractivity contribution is 0.413. The van der Waals surface area contributed by atoms with Crippen LogP contribution in [0.15, 0.2) is 66.9 Å². The molecule has 158 valence electrons. The van der Waals surface area contributed by atoms with Crippen molar-refractivity contribution >= 4 is 33.9 Å². The minimum absolute atomic E-state index is 0.0193. The highest BCUT2D eigenvalue weighted by atomic mass is 35.5. The standard InChI is InChI=1S/C25H23ClFN3O/c1-30(2)11-9-16-4-3-5-19(12-16)29-24-8-10-28-23-7-6-17(13-20(23)24)18-14-21(26)25(31)22(27)15-18/h3-8,10,12-15,31H,9,11H2,1-2H3,(H,28,29). The number of nitrogens with one attached hydrogen (secondary N) is 1. The normalized spacial score (nSPS) is 11.3. The fourth-order valence-electron chi connectivity index (χ4n) is 3.48. The molecule has 3 aromatic carbocycles. The average Bonchev–Trinajstić information content (AvgIpc) is 2.76. The summed E-state index contributed by atoms with van der Waals surface area (Å²) < 4.78 is 14.0. The monoisotopic (exact) mass is 435 g/mol. The van der Waals surface area contributed by atoms with Crippen LogP contribution in [-0.2, 0) is 6.42 Å². The third-order valence-corrected chi connectivity index (χ3v) is 5.43. The Morgan fingerprint density at radius 2 is 1.87 bits per heavy atom. The Hall–Kier alpha value is -3.15. The number of phenolic OH excluding ortho intramolecular Hbond substituents is 1. The molecule has 0 atom stereocenters. The first-order chi connectivity index (χ1) is 14.9. The lowest BCUT2D eigenvalue weighted by atomic mass is 10.0. The molecule has 0 unspecified atom stereocenters. The summed E-state index contributed by atoms with van der Waals surface area (Å²) in [6, 6.07) is 18.8. The number of rotatable bonds is 6. The van der Waals surface area contributed by atoms with E-state index in [1.807, 2.05) is 36.4 Å².